The fourth-order valence-electron chi connectivity index (χ4n) is 8.75. The molecular formula is C24H36O2. The third-order valence-corrected chi connectivity index (χ3v) is 9.82. The van der Waals surface area contributed by atoms with Gasteiger partial charge in [0.25, 0.3) is 0 Å². The summed E-state index contributed by atoms with van der Waals surface area (Å²) in [5.74, 6) is 4.52. The van der Waals surface area contributed by atoms with E-state index in [9.17, 15) is 4.79 Å². The molecule has 0 radical (unpaired) electrons. The van der Waals surface area contributed by atoms with E-state index >= 15 is 0 Å². The Morgan fingerprint density at radius 1 is 0.962 bits per heavy atom. The molecule has 0 saturated heterocycles. The van der Waals surface area contributed by atoms with Crippen molar-refractivity contribution >= 4 is 5.97 Å². The normalized spacial score (nSPS) is 52.4. The molecule has 0 heterocycles. The summed E-state index contributed by atoms with van der Waals surface area (Å²) in [6.45, 7) is 4.18. The van der Waals surface area contributed by atoms with E-state index < -0.39 is 0 Å². The van der Waals surface area contributed by atoms with Gasteiger partial charge in [0.2, 0.25) is 0 Å². The lowest BCUT2D eigenvalue weighted by Gasteiger charge is -2.61. The smallest absolute Gasteiger partial charge is 0.302 e. The topological polar surface area (TPSA) is 26.3 Å². The second kappa shape index (κ2) is 6.11. The lowest BCUT2D eigenvalue weighted by Crippen LogP contribution is -2.54. The molecule has 0 aromatic rings. The molecule has 26 heavy (non-hydrogen) atoms. The fraction of sp³-hybridized carbons (Fsp3) is 0.875. The number of rotatable bonds is 1. The Morgan fingerprint density at radius 3 is 2.65 bits per heavy atom. The summed E-state index contributed by atoms with van der Waals surface area (Å²) >= 11 is 0. The van der Waals surface area contributed by atoms with Crippen LogP contribution in [0, 0.1) is 40.4 Å². The van der Waals surface area contributed by atoms with Crippen LogP contribution in [0.1, 0.15) is 84.5 Å². The summed E-state index contributed by atoms with van der Waals surface area (Å²) in [4.78, 5) is 11.4. The summed E-state index contributed by atoms with van der Waals surface area (Å²) in [5.41, 5.74) is 1.08. The Hall–Kier alpha value is -0.790. The Bertz CT molecular complexity index is 609. The van der Waals surface area contributed by atoms with Crippen LogP contribution in [0.5, 0.6) is 0 Å². The van der Waals surface area contributed by atoms with Crippen molar-refractivity contribution in [3.05, 3.63) is 12.2 Å². The minimum atomic E-state index is -0.0898. The van der Waals surface area contributed by atoms with E-state index in [2.05, 4.69) is 19.1 Å². The largest absolute Gasteiger partial charge is 0.463 e. The molecule has 0 N–H and O–H groups in total. The van der Waals surface area contributed by atoms with Crippen molar-refractivity contribution in [1.82, 2.24) is 0 Å². The first-order valence-corrected chi connectivity index (χ1v) is 11.4. The maximum atomic E-state index is 11.4. The molecule has 0 aromatic heterocycles. The maximum Gasteiger partial charge on any atom is 0.302 e. The zero-order valence-electron chi connectivity index (χ0n) is 16.7. The van der Waals surface area contributed by atoms with Gasteiger partial charge < -0.3 is 4.74 Å². The summed E-state index contributed by atoms with van der Waals surface area (Å²) in [6.07, 6.45) is 20.4. The molecule has 2 heteroatoms. The van der Waals surface area contributed by atoms with Crippen molar-refractivity contribution in [3.8, 4) is 0 Å². The summed E-state index contributed by atoms with van der Waals surface area (Å²) < 4.78 is 5.61. The highest BCUT2D eigenvalue weighted by molar-refractivity contribution is 5.66. The monoisotopic (exact) mass is 356 g/mol. The highest BCUT2D eigenvalue weighted by atomic mass is 16.5. The van der Waals surface area contributed by atoms with E-state index in [1.54, 1.807) is 6.92 Å². The number of allylic oxidation sites excluding steroid dienone is 2. The Morgan fingerprint density at radius 2 is 1.81 bits per heavy atom. The van der Waals surface area contributed by atoms with E-state index in [1.807, 2.05) is 0 Å². The first-order valence-electron chi connectivity index (χ1n) is 11.4. The SMILES string of the molecule is CC(=O)O[C@@H]1CC[C@@]2(C)[C@H](CC[C@H]3[C@@H]4CC[C@@H]5CCC=CC54CC[C@@H]32)C1. The molecule has 4 fully saturated rings. The number of hydrogen-bond acceptors (Lipinski definition) is 2. The van der Waals surface area contributed by atoms with E-state index in [1.165, 1.54) is 57.8 Å². The number of esters is 1. The number of ether oxygens (including phenoxy) is 1. The van der Waals surface area contributed by atoms with Crippen LogP contribution in [-0.2, 0) is 9.53 Å². The molecule has 1 spiro atoms. The van der Waals surface area contributed by atoms with Gasteiger partial charge in [-0.05, 0) is 111 Å². The van der Waals surface area contributed by atoms with E-state index in [0.29, 0.717) is 10.8 Å². The third kappa shape index (κ3) is 2.39. The highest BCUT2D eigenvalue weighted by Crippen LogP contribution is 2.69. The molecule has 1 unspecified atom stereocenters. The van der Waals surface area contributed by atoms with E-state index in [0.717, 1.165) is 42.4 Å². The van der Waals surface area contributed by atoms with Gasteiger partial charge >= 0.3 is 5.97 Å². The van der Waals surface area contributed by atoms with Gasteiger partial charge in [0.05, 0.1) is 0 Å². The van der Waals surface area contributed by atoms with Gasteiger partial charge in [-0.1, -0.05) is 19.1 Å². The lowest BCUT2D eigenvalue weighted by atomic mass is 9.44. The van der Waals surface area contributed by atoms with E-state index in [4.69, 9.17) is 4.74 Å². The molecule has 5 rings (SSSR count). The first-order chi connectivity index (χ1) is 12.5. The lowest BCUT2D eigenvalue weighted by molar-refractivity contribution is -0.159. The minimum absolute atomic E-state index is 0.0898. The molecule has 0 bridgehead atoms. The van der Waals surface area contributed by atoms with Crippen molar-refractivity contribution < 1.29 is 9.53 Å². The Balaban J connectivity index is 1.38. The Labute approximate surface area is 159 Å². The molecule has 4 saturated carbocycles. The van der Waals surface area contributed by atoms with Gasteiger partial charge in [0.1, 0.15) is 6.10 Å². The fourth-order valence-corrected chi connectivity index (χ4v) is 8.75. The second-order valence-corrected chi connectivity index (χ2v) is 10.6. The zero-order chi connectivity index (χ0) is 17.9. The maximum absolute atomic E-state index is 11.4. The van der Waals surface area contributed by atoms with Crippen molar-refractivity contribution in [2.24, 2.45) is 40.4 Å². The molecule has 0 aliphatic heterocycles. The van der Waals surface area contributed by atoms with Crippen molar-refractivity contribution in [2.45, 2.75) is 90.6 Å². The molecular weight excluding hydrogens is 320 g/mol. The molecule has 8 atom stereocenters. The highest BCUT2D eigenvalue weighted by Gasteiger charge is 2.61. The summed E-state index contributed by atoms with van der Waals surface area (Å²) in [6, 6.07) is 0. The van der Waals surface area contributed by atoms with Gasteiger partial charge in [-0.2, -0.15) is 0 Å². The zero-order valence-corrected chi connectivity index (χ0v) is 16.7. The van der Waals surface area contributed by atoms with Crippen molar-refractivity contribution in [3.63, 3.8) is 0 Å². The minimum Gasteiger partial charge on any atom is -0.463 e. The molecule has 144 valence electrons. The van der Waals surface area contributed by atoms with Crippen LogP contribution < -0.4 is 0 Å². The van der Waals surface area contributed by atoms with Crippen LogP contribution in [0.25, 0.3) is 0 Å². The number of carbonyl (C=O) groups is 1. The predicted octanol–water partition coefficient (Wildman–Crippen LogP) is 5.91. The number of carbonyl (C=O) groups excluding carboxylic acids is 1. The quantitative estimate of drug-likeness (QED) is 0.431. The van der Waals surface area contributed by atoms with Gasteiger partial charge in [-0.25, -0.2) is 0 Å². The van der Waals surface area contributed by atoms with Crippen LogP contribution in [0.4, 0.5) is 0 Å². The molecule has 2 nitrogen and oxygen atoms in total. The van der Waals surface area contributed by atoms with Crippen LogP contribution >= 0.6 is 0 Å². The van der Waals surface area contributed by atoms with Gasteiger partial charge in [-0.15, -0.1) is 0 Å². The van der Waals surface area contributed by atoms with Crippen LogP contribution in [0.3, 0.4) is 0 Å². The van der Waals surface area contributed by atoms with Crippen LogP contribution in [-0.4, -0.2) is 12.1 Å². The first kappa shape index (κ1) is 17.3. The molecule has 0 amide bonds. The molecule has 5 aliphatic rings. The Kier molecular flexibility index (Phi) is 4.07. The number of hydrogen-bond donors (Lipinski definition) is 0. The average Bonchev–Trinajstić information content (AvgIpc) is 3.01. The molecule has 0 aromatic carbocycles. The summed E-state index contributed by atoms with van der Waals surface area (Å²) in [7, 11) is 0. The predicted molar refractivity (Wildman–Crippen MR) is 103 cm³/mol. The van der Waals surface area contributed by atoms with Crippen molar-refractivity contribution in [1.29, 1.82) is 0 Å². The van der Waals surface area contributed by atoms with Gasteiger partial charge in [0.15, 0.2) is 0 Å². The summed E-state index contributed by atoms with van der Waals surface area (Å²) in [5, 5.41) is 0. The van der Waals surface area contributed by atoms with Gasteiger partial charge in [0, 0.05) is 6.92 Å². The average molecular weight is 357 g/mol. The molecule has 5 aliphatic carbocycles. The van der Waals surface area contributed by atoms with Gasteiger partial charge in [-0.3, -0.25) is 4.79 Å². The van der Waals surface area contributed by atoms with Crippen LogP contribution in [0.2, 0.25) is 0 Å². The third-order valence-electron chi connectivity index (χ3n) is 9.82. The standard InChI is InChI=1S/C24H36O2/c1-16(25)26-19-10-13-23(2)18(15-19)6-8-20-21(23)11-14-24-12-4-3-5-17(24)7-9-22(20)24/h4,12,17-22H,3,5-11,13-15H2,1-2H3/t17-,18+,19+,20+,21-,22-,23-,24?/m0/s1. The van der Waals surface area contributed by atoms with Crippen LogP contribution in [0.15, 0.2) is 12.2 Å². The number of fused-ring (bicyclic) bond motifs is 4. The van der Waals surface area contributed by atoms with E-state index in [-0.39, 0.29) is 12.1 Å². The second-order valence-electron chi connectivity index (χ2n) is 10.6. The van der Waals surface area contributed by atoms with Crippen molar-refractivity contribution in [2.75, 3.05) is 0 Å².